The lowest BCUT2D eigenvalue weighted by Gasteiger charge is -2.36. The smallest absolute Gasteiger partial charge is 0.00949 e. The van der Waals surface area contributed by atoms with Crippen LogP contribution in [0.2, 0.25) is 0 Å². The van der Waals surface area contributed by atoms with E-state index in [4.69, 9.17) is 5.73 Å². The summed E-state index contributed by atoms with van der Waals surface area (Å²) < 4.78 is 0. The number of nitrogens with zero attached hydrogens (tertiary/aromatic N) is 1. The molecule has 2 nitrogen and oxygen atoms in total. The van der Waals surface area contributed by atoms with Gasteiger partial charge in [0.2, 0.25) is 0 Å². The molecule has 2 N–H and O–H groups in total. The van der Waals surface area contributed by atoms with Gasteiger partial charge >= 0.3 is 0 Å². The molecule has 1 aliphatic carbocycles. The van der Waals surface area contributed by atoms with Crippen LogP contribution < -0.4 is 5.73 Å². The molecule has 0 bridgehead atoms. The molecule has 0 radical (unpaired) electrons. The number of nitrogens with two attached hydrogens (primary N) is 1. The highest BCUT2D eigenvalue weighted by atomic mass is 15.1. The third-order valence-corrected chi connectivity index (χ3v) is 3.96. The van der Waals surface area contributed by atoms with Crippen molar-refractivity contribution < 1.29 is 0 Å². The van der Waals surface area contributed by atoms with Crippen molar-refractivity contribution in [3.05, 3.63) is 0 Å². The Labute approximate surface area is 95.2 Å². The van der Waals surface area contributed by atoms with Gasteiger partial charge in [0.05, 0.1) is 0 Å². The van der Waals surface area contributed by atoms with E-state index in [0.717, 1.165) is 25.0 Å². The second-order valence-electron chi connectivity index (χ2n) is 5.38. The van der Waals surface area contributed by atoms with E-state index in [0.29, 0.717) is 5.92 Å². The molecule has 2 heteroatoms. The van der Waals surface area contributed by atoms with Crippen LogP contribution in [0.4, 0.5) is 0 Å². The fraction of sp³-hybridized carbons (Fsp3) is 1.00. The Morgan fingerprint density at radius 2 is 2.13 bits per heavy atom. The Kier molecular flexibility index (Phi) is 5.62. The zero-order valence-electron chi connectivity index (χ0n) is 10.7. The summed E-state index contributed by atoms with van der Waals surface area (Å²) in [6.45, 7) is 6.55. The van der Waals surface area contributed by atoms with Crippen molar-refractivity contribution in [2.75, 3.05) is 20.1 Å². The van der Waals surface area contributed by atoms with Gasteiger partial charge in [-0.1, -0.05) is 33.1 Å². The van der Waals surface area contributed by atoms with Gasteiger partial charge in [0, 0.05) is 12.6 Å². The van der Waals surface area contributed by atoms with Gasteiger partial charge in [-0.2, -0.15) is 0 Å². The summed E-state index contributed by atoms with van der Waals surface area (Å²) in [6, 6.07) is 0.817. The van der Waals surface area contributed by atoms with Crippen molar-refractivity contribution >= 4 is 0 Å². The van der Waals surface area contributed by atoms with Gasteiger partial charge in [-0.3, -0.25) is 0 Å². The largest absolute Gasteiger partial charge is 0.330 e. The van der Waals surface area contributed by atoms with Crippen LogP contribution in [0.5, 0.6) is 0 Å². The normalized spacial score (nSPS) is 29.4. The molecular formula is C13H28N2. The molecule has 0 aromatic carbocycles. The number of hydrogen-bond donors (Lipinski definition) is 1. The maximum atomic E-state index is 5.68. The zero-order chi connectivity index (χ0) is 11.3. The average molecular weight is 212 g/mol. The van der Waals surface area contributed by atoms with Gasteiger partial charge < -0.3 is 10.6 Å². The van der Waals surface area contributed by atoms with Crippen LogP contribution in [0.25, 0.3) is 0 Å². The van der Waals surface area contributed by atoms with E-state index in [2.05, 4.69) is 25.8 Å². The first-order valence-corrected chi connectivity index (χ1v) is 6.57. The molecule has 15 heavy (non-hydrogen) atoms. The minimum absolute atomic E-state index is 0.636. The van der Waals surface area contributed by atoms with Gasteiger partial charge in [0.25, 0.3) is 0 Å². The van der Waals surface area contributed by atoms with Crippen molar-refractivity contribution in [2.24, 2.45) is 17.6 Å². The van der Waals surface area contributed by atoms with Gasteiger partial charge in [-0.15, -0.1) is 0 Å². The molecular weight excluding hydrogens is 184 g/mol. The standard InChI is InChI=1S/C13H28N2/c1-4-12-6-5-7-13(8-12)15(3)10-11(2)9-14/h11-13H,4-10,14H2,1-3H3. The molecule has 1 saturated carbocycles. The van der Waals surface area contributed by atoms with Gasteiger partial charge in [-0.05, 0) is 38.3 Å². The quantitative estimate of drug-likeness (QED) is 0.758. The average Bonchev–Trinajstić information content (AvgIpc) is 2.28. The molecule has 0 aromatic rings. The molecule has 0 spiro atoms. The van der Waals surface area contributed by atoms with E-state index in [1.165, 1.54) is 32.1 Å². The first kappa shape index (κ1) is 13.0. The second-order valence-corrected chi connectivity index (χ2v) is 5.38. The fourth-order valence-electron chi connectivity index (χ4n) is 2.75. The van der Waals surface area contributed by atoms with E-state index >= 15 is 0 Å². The van der Waals surface area contributed by atoms with Gasteiger partial charge in [0.15, 0.2) is 0 Å². The Hall–Kier alpha value is -0.0800. The van der Waals surface area contributed by atoms with Crippen LogP contribution >= 0.6 is 0 Å². The second kappa shape index (κ2) is 6.49. The predicted octanol–water partition coefficient (Wildman–Crippen LogP) is 2.48. The summed E-state index contributed by atoms with van der Waals surface area (Å²) in [5.74, 6) is 1.61. The molecule has 1 rings (SSSR count). The minimum Gasteiger partial charge on any atom is -0.330 e. The lowest BCUT2D eigenvalue weighted by atomic mass is 9.83. The van der Waals surface area contributed by atoms with Crippen LogP contribution in [-0.2, 0) is 0 Å². The van der Waals surface area contributed by atoms with Gasteiger partial charge in [0.1, 0.15) is 0 Å². The summed E-state index contributed by atoms with van der Waals surface area (Å²) >= 11 is 0. The van der Waals surface area contributed by atoms with Crippen LogP contribution in [-0.4, -0.2) is 31.1 Å². The predicted molar refractivity (Wildman–Crippen MR) is 66.9 cm³/mol. The summed E-state index contributed by atoms with van der Waals surface area (Å²) in [7, 11) is 2.27. The molecule has 0 saturated heterocycles. The molecule has 3 unspecified atom stereocenters. The first-order valence-electron chi connectivity index (χ1n) is 6.57. The van der Waals surface area contributed by atoms with Crippen molar-refractivity contribution in [3.63, 3.8) is 0 Å². The first-order chi connectivity index (χ1) is 7.17. The highest BCUT2D eigenvalue weighted by molar-refractivity contribution is 4.79. The van der Waals surface area contributed by atoms with Crippen molar-refractivity contribution in [1.29, 1.82) is 0 Å². The van der Waals surface area contributed by atoms with E-state index in [1.807, 2.05) is 0 Å². The van der Waals surface area contributed by atoms with E-state index in [1.54, 1.807) is 0 Å². The lowest BCUT2D eigenvalue weighted by Crippen LogP contribution is -2.39. The van der Waals surface area contributed by atoms with E-state index in [-0.39, 0.29) is 0 Å². The van der Waals surface area contributed by atoms with Crippen molar-refractivity contribution in [2.45, 2.75) is 52.0 Å². The molecule has 0 amide bonds. The van der Waals surface area contributed by atoms with Crippen molar-refractivity contribution in [1.82, 2.24) is 4.90 Å². The molecule has 1 fully saturated rings. The fourth-order valence-corrected chi connectivity index (χ4v) is 2.75. The summed E-state index contributed by atoms with van der Waals surface area (Å²) in [5, 5.41) is 0. The number of hydrogen-bond acceptors (Lipinski definition) is 2. The van der Waals surface area contributed by atoms with E-state index < -0.39 is 0 Å². The third kappa shape index (κ3) is 4.12. The highest BCUT2D eigenvalue weighted by Crippen LogP contribution is 2.29. The Morgan fingerprint density at radius 1 is 1.40 bits per heavy atom. The monoisotopic (exact) mass is 212 g/mol. The molecule has 0 heterocycles. The minimum atomic E-state index is 0.636. The molecule has 90 valence electrons. The molecule has 1 aliphatic rings. The molecule has 0 aromatic heterocycles. The van der Waals surface area contributed by atoms with Crippen LogP contribution in [0.1, 0.15) is 46.0 Å². The topological polar surface area (TPSA) is 29.3 Å². The molecule has 3 atom stereocenters. The highest BCUT2D eigenvalue weighted by Gasteiger charge is 2.24. The Morgan fingerprint density at radius 3 is 2.73 bits per heavy atom. The summed E-state index contributed by atoms with van der Waals surface area (Å²) in [6.07, 6.45) is 7.03. The van der Waals surface area contributed by atoms with Crippen LogP contribution in [0.15, 0.2) is 0 Å². The SMILES string of the molecule is CCC1CCCC(N(C)CC(C)CN)C1. The molecule has 0 aliphatic heterocycles. The number of rotatable bonds is 5. The Balaban J connectivity index is 2.34. The maximum Gasteiger partial charge on any atom is 0.00949 e. The van der Waals surface area contributed by atoms with Crippen molar-refractivity contribution in [3.8, 4) is 0 Å². The summed E-state index contributed by atoms with van der Waals surface area (Å²) in [5.41, 5.74) is 5.68. The van der Waals surface area contributed by atoms with E-state index in [9.17, 15) is 0 Å². The Bertz CT molecular complexity index is 170. The zero-order valence-corrected chi connectivity index (χ0v) is 10.7. The van der Waals surface area contributed by atoms with Gasteiger partial charge in [-0.25, -0.2) is 0 Å². The third-order valence-electron chi connectivity index (χ3n) is 3.96. The summed E-state index contributed by atoms with van der Waals surface area (Å²) in [4.78, 5) is 2.54. The maximum absolute atomic E-state index is 5.68. The van der Waals surface area contributed by atoms with Crippen LogP contribution in [0.3, 0.4) is 0 Å². The lowest BCUT2D eigenvalue weighted by molar-refractivity contribution is 0.141. The van der Waals surface area contributed by atoms with Crippen LogP contribution in [0, 0.1) is 11.8 Å².